The molecule has 0 radical (unpaired) electrons. The first kappa shape index (κ1) is 25.4. The summed E-state index contributed by atoms with van der Waals surface area (Å²) in [7, 11) is -4.15. The highest BCUT2D eigenvalue weighted by molar-refractivity contribution is 7.98. The van der Waals surface area contributed by atoms with Gasteiger partial charge in [0.1, 0.15) is 12.4 Å². The summed E-state index contributed by atoms with van der Waals surface area (Å²) >= 11 is 13.5. The van der Waals surface area contributed by atoms with E-state index in [0.717, 1.165) is 15.9 Å². The minimum absolute atomic E-state index is 0.0294. The largest absolute Gasteiger partial charge is 0.354 e. The standard InChI is InChI=1S/C23H21Cl2FN2O3S2/c24-19-11-10-17(14-20(19)25)16-32-13-12-27-23(29)15-28(22-9-5-4-8-21(22)26)33(30,31)18-6-2-1-3-7-18/h1-11,14H,12-13,15-16H2,(H,27,29). The van der Waals surface area contributed by atoms with E-state index in [1.807, 2.05) is 6.07 Å². The van der Waals surface area contributed by atoms with E-state index in [-0.39, 0.29) is 10.6 Å². The molecular weight excluding hydrogens is 506 g/mol. The van der Waals surface area contributed by atoms with Gasteiger partial charge in [-0.1, -0.05) is 59.6 Å². The lowest BCUT2D eigenvalue weighted by Crippen LogP contribution is -2.41. The van der Waals surface area contributed by atoms with Gasteiger partial charge in [0.2, 0.25) is 5.91 Å². The molecule has 3 aromatic carbocycles. The minimum Gasteiger partial charge on any atom is -0.354 e. The molecule has 0 heterocycles. The molecule has 10 heteroatoms. The van der Waals surface area contributed by atoms with Crippen molar-refractivity contribution < 1.29 is 17.6 Å². The van der Waals surface area contributed by atoms with Gasteiger partial charge >= 0.3 is 0 Å². The summed E-state index contributed by atoms with van der Waals surface area (Å²) in [5.41, 5.74) is 0.811. The van der Waals surface area contributed by atoms with E-state index in [4.69, 9.17) is 23.2 Å². The monoisotopic (exact) mass is 526 g/mol. The molecule has 1 N–H and O–H groups in total. The average molecular weight is 527 g/mol. The number of rotatable bonds is 10. The minimum atomic E-state index is -4.15. The molecule has 0 saturated heterocycles. The molecule has 0 unspecified atom stereocenters. The Morgan fingerprint density at radius 3 is 2.36 bits per heavy atom. The second kappa shape index (κ2) is 11.7. The molecule has 0 fully saturated rings. The van der Waals surface area contributed by atoms with E-state index in [0.29, 0.717) is 28.1 Å². The van der Waals surface area contributed by atoms with Crippen LogP contribution in [0.1, 0.15) is 5.56 Å². The smallest absolute Gasteiger partial charge is 0.264 e. The predicted octanol–water partition coefficient (Wildman–Crippen LogP) is 5.38. The molecule has 3 rings (SSSR count). The van der Waals surface area contributed by atoms with E-state index >= 15 is 0 Å². The quantitative estimate of drug-likeness (QED) is 0.360. The molecule has 5 nitrogen and oxygen atoms in total. The van der Waals surface area contributed by atoms with Crippen molar-refractivity contribution in [1.29, 1.82) is 0 Å². The highest BCUT2D eigenvalue weighted by Crippen LogP contribution is 2.26. The van der Waals surface area contributed by atoms with Crippen molar-refractivity contribution in [1.82, 2.24) is 5.32 Å². The van der Waals surface area contributed by atoms with Crippen LogP contribution in [0.2, 0.25) is 10.0 Å². The van der Waals surface area contributed by atoms with Crippen molar-refractivity contribution in [3.8, 4) is 0 Å². The van der Waals surface area contributed by atoms with Crippen LogP contribution in [0.4, 0.5) is 10.1 Å². The van der Waals surface area contributed by atoms with Crippen LogP contribution in [0.5, 0.6) is 0 Å². The molecule has 174 valence electrons. The van der Waals surface area contributed by atoms with E-state index in [1.54, 1.807) is 42.1 Å². The van der Waals surface area contributed by atoms with Crippen molar-refractivity contribution in [3.63, 3.8) is 0 Å². The number of hydrogen-bond acceptors (Lipinski definition) is 4. The van der Waals surface area contributed by atoms with Crippen LogP contribution in [0.15, 0.2) is 77.7 Å². The number of hydrogen-bond donors (Lipinski definition) is 1. The summed E-state index contributed by atoms with van der Waals surface area (Å²) in [5, 5.41) is 3.67. The van der Waals surface area contributed by atoms with Crippen molar-refractivity contribution in [2.45, 2.75) is 10.6 Å². The summed E-state index contributed by atoms with van der Waals surface area (Å²) in [6, 6.07) is 18.5. The second-order valence-corrected chi connectivity index (χ2v) is 10.7. The van der Waals surface area contributed by atoms with Crippen molar-refractivity contribution in [2.24, 2.45) is 0 Å². The first-order chi connectivity index (χ1) is 15.8. The molecule has 0 spiro atoms. The number of amides is 1. The van der Waals surface area contributed by atoms with Crippen molar-refractivity contribution >= 4 is 56.6 Å². The highest BCUT2D eigenvalue weighted by Gasteiger charge is 2.28. The predicted molar refractivity (Wildman–Crippen MR) is 133 cm³/mol. The second-order valence-electron chi connectivity index (χ2n) is 6.93. The van der Waals surface area contributed by atoms with Crippen molar-refractivity contribution in [2.75, 3.05) is 23.1 Å². The molecule has 1 amide bonds. The lowest BCUT2D eigenvalue weighted by atomic mass is 10.2. The molecule has 0 aliphatic carbocycles. The Hall–Kier alpha value is -2.26. The molecule has 0 aliphatic heterocycles. The van der Waals surface area contributed by atoms with Crippen LogP contribution in [0.3, 0.4) is 0 Å². The highest BCUT2D eigenvalue weighted by atomic mass is 35.5. The van der Waals surface area contributed by atoms with Gasteiger partial charge in [-0.2, -0.15) is 11.8 Å². The van der Waals surface area contributed by atoms with E-state index in [9.17, 15) is 17.6 Å². The average Bonchev–Trinajstić information content (AvgIpc) is 2.80. The fraction of sp³-hybridized carbons (Fsp3) is 0.174. The number of carbonyl (C=O) groups is 1. The van der Waals surface area contributed by atoms with Gasteiger partial charge in [-0.05, 0) is 42.0 Å². The molecule has 0 aromatic heterocycles. The van der Waals surface area contributed by atoms with E-state index in [2.05, 4.69) is 5.32 Å². The van der Waals surface area contributed by atoms with Gasteiger partial charge in [0, 0.05) is 18.1 Å². The Bertz CT molecular complexity index is 1210. The van der Waals surface area contributed by atoms with Crippen molar-refractivity contribution in [3.05, 3.63) is 94.2 Å². The molecule has 0 bridgehead atoms. The first-order valence-electron chi connectivity index (χ1n) is 9.90. The van der Waals surface area contributed by atoms with Gasteiger partial charge in [0.15, 0.2) is 0 Å². The maximum atomic E-state index is 14.4. The number of carbonyl (C=O) groups excluding carboxylic acids is 1. The molecule has 33 heavy (non-hydrogen) atoms. The van der Waals surface area contributed by atoms with Crippen LogP contribution < -0.4 is 9.62 Å². The molecular formula is C23H21Cl2FN2O3S2. The van der Waals surface area contributed by atoms with Crippen LogP contribution in [-0.2, 0) is 20.6 Å². The number of halogens is 3. The maximum Gasteiger partial charge on any atom is 0.264 e. The Morgan fingerprint density at radius 1 is 0.970 bits per heavy atom. The number of benzene rings is 3. The Balaban J connectivity index is 1.62. The third-order valence-corrected chi connectivity index (χ3v) is 8.10. The summed E-state index contributed by atoms with van der Waals surface area (Å²) in [6.45, 7) is -0.225. The SMILES string of the molecule is O=C(CN(c1ccccc1F)S(=O)(=O)c1ccccc1)NCCSCc1ccc(Cl)c(Cl)c1. The zero-order chi connectivity index (χ0) is 23.8. The van der Waals surface area contributed by atoms with Crippen LogP contribution >= 0.6 is 35.0 Å². The number of para-hydroxylation sites is 1. The number of anilines is 1. The summed E-state index contributed by atoms with van der Waals surface area (Å²) in [4.78, 5) is 12.5. The van der Waals surface area contributed by atoms with Gasteiger partial charge in [-0.15, -0.1) is 0 Å². The number of sulfonamides is 1. The lowest BCUT2D eigenvalue weighted by molar-refractivity contribution is -0.119. The van der Waals surface area contributed by atoms with Crippen LogP contribution in [-0.4, -0.2) is 33.2 Å². The molecule has 0 saturated carbocycles. The van der Waals surface area contributed by atoms with Gasteiger partial charge in [0.05, 0.1) is 20.6 Å². The normalized spacial score (nSPS) is 11.2. The topological polar surface area (TPSA) is 66.5 Å². The molecule has 0 atom stereocenters. The van der Waals surface area contributed by atoms with Gasteiger partial charge < -0.3 is 5.32 Å². The Labute approximate surface area is 206 Å². The zero-order valence-corrected chi connectivity index (χ0v) is 20.5. The number of thioether (sulfide) groups is 1. The number of nitrogens with one attached hydrogen (secondary N) is 1. The third-order valence-electron chi connectivity index (χ3n) is 4.56. The van der Waals surface area contributed by atoms with E-state index < -0.39 is 28.3 Å². The summed E-state index contributed by atoms with van der Waals surface area (Å²) < 4.78 is 41.6. The number of nitrogens with zero attached hydrogens (tertiary/aromatic N) is 1. The fourth-order valence-corrected chi connectivity index (χ4v) is 5.52. The molecule has 0 aliphatic rings. The fourth-order valence-electron chi connectivity index (χ4n) is 2.94. The third kappa shape index (κ3) is 6.86. The van der Waals surface area contributed by atoms with Gasteiger partial charge in [0.25, 0.3) is 10.0 Å². The summed E-state index contributed by atoms with van der Waals surface area (Å²) in [5.74, 6) is 0.00282. The Kier molecular flexibility index (Phi) is 9.02. The van der Waals surface area contributed by atoms with Crippen LogP contribution in [0.25, 0.3) is 0 Å². The Morgan fingerprint density at radius 2 is 1.67 bits per heavy atom. The van der Waals surface area contributed by atoms with Gasteiger partial charge in [-0.3, -0.25) is 9.10 Å². The molecule has 3 aromatic rings. The summed E-state index contributed by atoms with van der Waals surface area (Å²) in [6.07, 6.45) is 0. The zero-order valence-electron chi connectivity index (χ0n) is 17.4. The maximum absolute atomic E-state index is 14.4. The van der Waals surface area contributed by atoms with E-state index in [1.165, 1.54) is 30.3 Å². The van der Waals surface area contributed by atoms with Crippen LogP contribution in [0, 0.1) is 5.82 Å². The van der Waals surface area contributed by atoms with Gasteiger partial charge in [-0.25, -0.2) is 12.8 Å². The lowest BCUT2D eigenvalue weighted by Gasteiger charge is -2.24. The first-order valence-corrected chi connectivity index (χ1v) is 13.2.